The zero-order chi connectivity index (χ0) is 24.1. The van der Waals surface area contributed by atoms with Crippen LogP contribution in [0.15, 0.2) is 60.7 Å². The van der Waals surface area contributed by atoms with Crippen LogP contribution in [0.1, 0.15) is 47.5 Å². The second kappa shape index (κ2) is 10.7. The van der Waals surface area contributed by atoms with Gasteiger partial charge >= 0.3 is 6.09 Å². The second-order valence-corrected chi connectivity index (χ2v) is 14.6. The van der Waals surface area contributed by atoms with Crippen molar-refractivity contribution in [3.8, 4) is 0 Å². The molecule has 0 N–H and O–H groups in total. The fraction of sp³-hybridized carbons (Fsp3) is 0.481. The van der Waals surface area contributed by atoms with Crippen LogP contribution in [0.2, 0.25) is 5.04 Å². The van der Waals surface area contributed by atoms with Gasteiger partial charge in [-0.05, 0) is 33.7 Å². The van der Waals surface area contributed by atoms with Crippen molar-refractivity contribution in [3.63, 3.8) is 0 Å². The molecule has 0 aromatic heterocycles. The lowest BCUT2D eigenvalue weighted by Gasteiger charge is -2.43. The van der Waals surface area contributed by atoms with E-state index < -0.39 is 14.4 Å². The molecule has 6 heteroatoms. The number of hydrogen-bond acceptors (Lipinski definition) is 4. The number of cyclic esters (lactones) is 1. The summed E-state index contributed by atoms with van der Waals surface area (Å²) in [5.74, 6) is 0.286. The van der Waals surface area contributed by atoms with Gasteiger partial charge in [-0.25, -0.2) is 9.69 Å². The maximum Gasteiger partial charge on any atom is 0.416 e. The van der Waals surface area contributed by atoms with Gasteiger partial charge in [0.25, 0.3) is 8.32 Å². The molecule has 2 amide bonds. The zero-order valence-corrected chi connectivity index (χ0v) is 21.5. The summed E-state index contributed by atoms with van der Waals surface area (Å²) in [6.45, 7) is 12.4. The molecule has 0 saturated carbocycles. The Morgan fingerprint density at radius 1 is 1.00 bits per heavy atom. The van der Waals surface area contributed by atoms with Gasteiger partial charge in [0.2, 0.25) is 5.91 Å². The van der Waals surface area contributed by atoms with E-state index in [0.717, 1.165) is 6.42 Å². The molecule has 1 fully saturated rings. The van der Waals surface area contributed by atoms with E-state index in [9.17, 15) is 9.59 Å². The van der Waals surface area contributed by atoms with Crippen LogP contribution < -0.4 is 10.4 Å². The van der Waals surface area contributed by atoms with Gasteiger partial charge in [-0.2, -0.15) is 0 Å². The lowest BCUT2D eigenvalue weighted by molar-refractivity contribution is -0.128. The van der Waals surface area contributed by atoms with Crippen molar-refractivity contribution in [1.29, 1.82) is 0 Å². The minimum absolute atomic E-state index is 0.0624. The Balaban J connectivity index is 1.74. The number of ether oxygens (including phenoxy) is 1. The third-order valence-electron chi connectivity index (χ3n) is 6.39. The molecule has 1 aliphatic rings. The summed E-state index contributed by atoms with van der Waals surface area (Å²) in [7, 11) is -2.56. The molecule has 2 atom stereocenters. The van der Waals surface area contributed by atoms with Gasteiger partial charge in [0.1, 0.15) is 6.61 Å². The van der Waals surface area contributed by atoms with Gasteiger partial charge in [0.05, 0.1) is 6.54 Å². The highest BCUT2D eigenvalue weighted by atomic mass is 28.4. The Morgan fingerprint density at radius 2 is 1.55 bits per heavy atom. The van der Waals surface area contributed by atoms with Crippen molar-refractivity contribution < 1.29 is 18.8 Å². The van der Waals surface area contributed by atoms with Gasteiger partial charge in [0, 0.05) is 13.0 Å². The molecule has 0 bridgehead atoms. The Bertz CT molecular complexity index is 887. The van der Waals surface area contributed by atoms with Crippen LogP contribution in [0.5, 0.6) is 0 Å². The highest BCUT2D eigenvalue weighted by Crippen LogP contribution is 2.37. The molecule has 1 aliphatic heterocycles. The number of carbonyl (C=O) groups is 2. The molecule has 0 unspecified atom stereocenters. The minimum Gasteiger partial charge on any atom is -0.447 e. The predicted molar refractivity (Wildman–Crippen MR) is 134 cm³/mol. The van der Waals surface area contributed by atoms with Crippen LogP contribution in [0.25, 0.3) is 0 Å². The van der Waals surface area contributed by atoms with Gasteiger partial charge in [-0.1, -0.05) is 95.3 Å². The minimum atomic E-state index is -2.56. The third-order valence-corrected chi connectivity index (χ3v) is 11.4. The average molecular weight is 468 g/mol. The maximum atomic E-state index is 12.5. The van der Waals surface area contributed by atoms with Crippen molar-refractivity contribution >= 4 is 30.7 Å². The highest BCUT2D eigenvalue weighted by Gasteiger charge is 2.50. The quantitative estimate of drug-likeness (QED) is 0.506. The molecular weight excluding hydrogens is 430 g/mol. The number of hydrogen-bond donors (Lipinski definition) is 0. The third kappa shape index (κ3) is 5.74. The van der Waals surface area contributed by atoms with Crippen LogP contribution in [0.4, 0.5) is 4.79 Å². The van der Waals surface area contributed by atoms with Crippen LogP contribution in [-0.4, -0.2) is 45.0 Å². The number of imide groups is 1. The first-order valence-corrected chi connectivity index (χ1v) is 13.8. The summed E-state index contributed by atoms with van der Waals surface area (Å²) in [5, 5.41) is 2.48. The van der Waals surface area contributed by atoms with Gasteiger partial charge in [-0.15, -0.1) is 0 Å². The van der Waals surface area contributed by atoms with Gasteiger partial charge in [0.15, 0.2) is 0 Å². The van der Waals surface area contributed by atoms with E-state index in [1.165, 1.54) is 15.3 Å². The summed E-state index contributed by atoms with van der Waals surface area (Å²) >= 11 is 0. The molecule has 0 radical (unpaired) electrons. The molecule has 0 aliphatic carbocycles. The summed E-state index contributed by atoms with van der Waals surface area (Å²) in [6.07, 6.45) is 0.682. The van der Waals surface area contributed by atoms with Crippen LogP contribution in [0.3, 0.4) is 0 Å². The molecular formula is C27H37NO4Si. The van der Waals surface area contributed by atoms with Crippen molar-refractivity contribution in [2.75, 3.05) is 19.8 Å². The Kier molecular flexibility index (Phi) is 8.13. The molecule has 178 valence electrons. The molecule has 33 heavy (non-hydrogen) atoms. The molecule has 1 heterocycles. The summed E-state index contributed by atoms with van der Waals surface area (Å²) < 4.78 is 11.9. The average Bonchev–Trinajstić information content (AvgIpc) is 3.20. The van der Waals surface area contributed by atoms with E-state index in [0.29, 0.717) is 26.2 Å². The SMILES string of the molecule is C[C@H](CC(=O)N1CCOC1=O)C[C@@H](C)CO[Si](c1ccccc1)(c1ccccc1)C(C)(C)C. The van der Waals surface area contributed by atoms with Crippen LogP contribution in [0, 0.1) is 11.8 Å². The van der Waals surface area contributed by atoms with E-state index in [2.05, 4.69) is 83.1 Å². The number of nitrogens with zero attached hydrogens (tertiary/aromatic N) is 1. The molecule has 0 spiro atoms. The lowest BCUT2D eigenvalue weighted by Crippen LogP contribution is -2.66. The van der Waals surface area contributed by atoms with E-state index in [4.69, 9.17) is 9.16 Å². The fourth-order valence-electron chi connectivity index (χ4n) is 4.90. The number of amides is 2. The number of rotatable bonds is 9. The summed E-state index contributed by atoms with van der Waals surface area (Å²) in [6, 6.07) is 21.3. The molecule has 2 aromatic carbocycles. The zero-order valence-electron chi connectivity index (χ0n) is 20.5. The Labute approximate surface area is 199 Å². The first-order chi connectivity index (χ1) is 15.6. The summed E-state index contributed by atoms with van der Waals surface area (Å²) in [5.41, 5.74) is 0. The van der Waals surface area contributed by atoms with Crippen molar-refractivity contribution in [1.82, 2.24) is 4.90 Å². The fourth-order valence-corrected chi connectivity index (χ4v) is 9.59. The normalized spacial score (nSPS) is 16.4. The van der Waals surface area contributed by atoms with E-state index in [1.807, 2.05) is 12.1 Å². The van der Waals surface area contributed by atoms with E-state index in [-0.39, 0.29) is 22.8 Å². The van der Waals surface area contributed by atoms with Crippen LogP contribution >= 0.6 is 0 Å². The number of carbonyl (C=O) groups excluding carboxylic acids is 2. The van der Waals surface area contributed by atoms with E-state index in [1.54, 1.807) is 0 Å². The van der Waals surface area contributed by atoms with Crippen molar-refractivity contribution in [2.24, 2.45) is 11.8 Å². The van der Waals surface area contributed by atoms with Crippen molar-refractivity contribution in [3.05, 3.63) is 60.7 Å². The van der Waals surface area contributed by atoms with Crippen LogP contribution in [-0.2, 0) is 14.0 Å². The molecule has 1 saturated heterocycles. The lowest BCUT2D eigenvalue weighted by atomic mass is 9.95. The molecule has 5 nitrogen and oxygen atoms in total. The standard InChI is InChI=1S/C27H37NO4Si/c1-21(19-25(29)28-16-17-31-26(28)30)18-22(2)20-32-33(27(3,4)5,23-12-8-6-9-13-23)24-14-10-7-11-15-24/h6-15,21-22H,16-20H2,1-5H3/t21-,22+/m0/s1. The van der Waals surface area contributed by atoms with Crippen molar-refractivity contribution in [2.45, 2.75) is 52.5 Å². The summed E-state index contributed by atoms with van der Waals surface area (Å²) in [4.78, 5) is 25.4. The first kappa shape index (κ1) is 25.2. The smallest absolute Gasteiger partial charge is 0.416 e. The molecule has 2 aromatic rings. The topological polar surface area (TPSA) is 55.8 Å². The Hall–Kier alpha value is -2.44. The Morgan fingerprint density at radius 3 is 2.00 bits per heavy atom. The van der Waals surface area contributed by atoms with Gasteiger partial charge in [-0.3, -0.25) is 4.79 Å². The first-order valence-electron chi connectivity index (χ1n) is 11.9. The highest BCUT2D eigenvalue weighted by molar-refractivity contribution is 6.99. The van der Waals surface area contributed by atoms with Gasteiger partial charge < -0.3 is 9.16 Å². The second-order valence-electron chi connectivity index (χ2n) is 10.3. The maximum absolute atomic E-state index is 12.5. The van der Waals surface area contributed by atoms with E-state index >= 15 is 0 Å². The monoisotopic (exact) mass is 467 g/mol. The molecule has 3 rings (SSSR count). The largest absolute Gasteiger partial charge is 0.447 e. The number of benzene rings is 2. The predicted octanol–water partition coefficient (Wildman–Crippen LogP) is 4.59.